The summed E-state index contributed by atoms with van der Waals surface area (Å²) in [5.74, 6) is 0.698. The molecule has 0 bridgehead atoms. The zero-order valence-corrected chi connectivity index (χ0v) is 12.0. The SMILES string of the molecule is COCCNCc1ncoc1-c1ccc(Cl)c(Cl)c1. The number of benzene rings is 1. The monoisotopic (exact) mass is 300 g/mol. The molecule has 2 rings (SSSR count). The number of nitrogens with zero attached hydrogens (tertiary/aromatic N) is 1. The van der Waals surface area contributed by atoms with Crippen molar-refractivity contribution in [3.8, 4) is 11.3 Å². The third-order valence-electron chi connectivity index (χ3n) is 2.60. The molecule has 102 valence electrons. The van der Waals surface area contributed by atoms with Crippen LogP contribution in [0.15, 0.2) is 29.0 Å². The molecule has 1 N–H and O–H groups in total. The maximum absolute atomic E-state index is 6.00. The largest absolute Gasteiger partial charge is 0.443 e. The molecule has 0 aliphatic rings. The van der Waals surface area contributed by atoms with E-state index in [4.69, 9.17) is 32.4 Å². The van der Waals surface area contributed by atoms with Gasteiger partial charge in [-0.15, -0.1) is 0 Å². The molecule has 0 amide bonds. The van der Waals surface area contributed by atoms with Gasteiger partial charge >= 0.3 is 0 Å². The lowest BCUT2D eigenvalue weighted by molar-refractivity contribution is 0.199. The second-order valence-corrected chi connectivity index (χ2v) is 4.74. The fourth-order valence-corrected chi connectivity index (χ4v) is 1.95. The average Bonchev–Trinajstić information content (AvgIpc) is 2.86. The topological polar surface area (TPSA) is 47.3 Å². The molecule has 4 nitrogen and oxygen atoms in total. The smallest absolute Gasteiger partial charge is 0.181 e. The number of ether oxygens (including phenoxy) is 1. The van der Waals surface area contributed by atoms with Crippen LogP contribution < -0.4 is 5.32 Å². The van der Waals surface area contributed by atoms with Gasteiger partial charge in [0.15, 0.2) is 12.2 Å². The average molecular weight is 301 g/mol. The van der Waals surface area contributed by atoms with Crippen LogP contribution in [0.25, 0.3) is 11.3 Å². The van der Waals surface area contributed by atoms with Crippen molar-refractivity contribution in [2.75, 3.05) is 20.3 Å². The van der Waals surface area contributed by atoms with Gasteiger partial charge in [0.05, 0.1) is 16.7 Å². The Labute approximate surface area is 121 Å². The summed E-state index contributed by atoms with van der Waals surface area (Å²) in [4.78, 5) is 4.20. The van der Waals surface area contributed by atoms with Crippen molar-refractivity contribution < 1.29 is 9.15 Å². The predicted molar refractivity (Wildman–Crippen MR) is 75.5 cm³/mol. The van der Waals surface area contributed by atoms with E-state index >= 15 is 0 Å². The molecule has 1 aromatic carbocycles. The standard InChI is InChI=1S/C13H14Cl2N2O2/c1-18-5-4-16-7-12-13(19-8-17-12)9-2-3-10(14)11(15)6-9/h2-3,6,8,16H,4-5,7H2,1H3. The van der Waals surface area contributed by atoms with Gasteiger partial charge in [-0.05, 0) is 18.2 Å². The highest BCUT2D eigenvalue weighted by molar-refractivity contribution is 6.42. The number of nitrogens with one attached hydrogen (secondary N) is 1. The first-order chi connectivity index (χ1) is 9.22. The van der Waals surface area contributed by atoms with Gasteiger partial charge in [0.2, 0.25) is 0 Å². The van der Waals surface area contributed by atoms with Crippen LogP contribution in [0.4, 0.5) is 0 Å². The molecule has 0 radical (unpaired) electrons. The summed E-state index contributed by atoms with van der Waals surface area (Å²) in [6, 6.07) is 5.36. The highest BCUT2D eigenvalue weighted by Gasteiger charge is 2.11. The molecule has 0 saturated carbocycles. The number of hydrogen-bond donors (Lipinski definition) is 1. The molecule has 19 heavy (non-hydrogen) atoms. The quantitative estimate of drug-likeness (QED) is 0.831. The fourth-order valence-electron chi connectivity index (χ4n) is 1.65. The Kier molecular flexibility index (Phi) is 5.22. The van der Waals surface area contributed by atoms with Gasteiger partial charge in [-0.25, -0.2) is 4.98 Å². The molecular weight excluding hydrogens is 287 g/mol. The lowest BCUT2D eigenvalue weighted by Crippen LogP contribution is -2.19. The van der Waals surface area contributed by atoms with Crippen molar-refractivity contribution in [3.05, 3.63) is 40.3 Å². The molecule has 0 unspecified atom stereocenters. The van der Waals surface area contributed by atoms with Gasteiger partial charge in [0.25, 0.3) is 0 Å². The first kappa shape index (κ1) is 14.3. The lowest BCUT2D eigenvalue weighted by atomic mass is 10.1. The molecule has 0 spiro atoms. The third kappa shape index (κ3) is 3.70. The summed E-state index contributed by atoms with van der Waals surface area (Å²) >= 11 is 11.9. The molecule has 0 atom stereocenters. The van der Waals surface area contributed by atoms with Crippen LogP contribution in [-0.4, -0.2) is 25.2 Å². The maximum Gasteiger partial charge on any atom is 0.181 e. The molecule has 0 aliphatic carbocycles. The van der Waals surface area contributed by atoms with Crippen molar-refractivity contribution in [1.29, 1.82) is 0 Å². The van der Waals surface area contributed by atoms with E-state index in [2.05, 4.69) is 10.3 Å². The molecule has 0 fully saturated rings. The van der Waals surface area contributed by atoms with Gasteiger partial charge in [-0.2, -0.15) is 0 Å². The van der Waals surface area contributed by atoms with Crippen LogP contribution in [0.3, 0.4) is 0 Å². The fraction of sp³-hybridized carbons (Fsp3) is 0.308. The van der Waals surface area contributed by atoms with Crippen molar-refractivity contribution in [3.63, 3.8) is 0 Å². The van der Waals surface area contributed by atoms with Crippen molar-refractivity contribution in [2.45, 2.75) is 6.54 Å². The van der Waals surface area contributed by atoms with Gasteiger partial charge in [0.1, 0.15) is 5.69 Å². The van der Waals surface area contributed by atoms with E-state index in [-0.39, 0.29) is 0 Å². The van der Waals surface area contributed by atoms with Crippen LogP contribution in [0.5, 0.6) is 0 Å². The van der Waals surface area contributed by atoms with Gasteiger partial charge in [0, 0.05) is 25.8 Å². The minimum absolute atomic E-state index is 0.494. The van der Waals surface area contributed by atoms with E-state index in [1.54, 1.807) is 19.2 Å². The van der Waals surface area contributed by atoms with Crippen LogP contribution in [0.2, 0.25) is 10.0 Å². The number of rotatable bonds is 6. The van der Waals surface area contributed by atoms with Crippen molar-refractivity contribution in [2.24, 2.45) is 0 Å². The van der Waals surface area contributed by atoms with Gasteiger partial charge < -0.3 is 14.5 Å². The highest BCUT2D eigenvalue weighted by Crippen LogP contribution is 2.30. The summed E-state index contributed by atoms with van der Waals surface area (Å²) in [5.41, 5.74) is 1.69. The minimum atomic E-state index is 0.494. The van der Waals surface area contributed by atoms with Crippen molar-refractivity contribution in [1.82, 2.24) is 10.3 Å². The van der Waals surface area contributed by atoms with E-state index in [1.807, 2.05) is 6.07 Å². The molecule has 1 heterocycles. The Bertz CT molecular complexity index is 543. The molecule has 0 saturated heterocycles. The maximum atomic E-state index is 6.00. The predicted octanol–water partition coefficient (Wildman–Crippen LogP) is 3.38. The van der Waals surface area contributed by atoms with Crippen molar-refractivity contribution >= 4 is 23.2 Å². The number of halogens is 2. The Morgan fingerprint density at radius 2 is 2.16 bits per heavy atom. The normalized spacial score (nSPS) is 10.9. The second-order valence-electron chi connectivity index (χ2n) is 3.93. The van der Waals surface area contributed by atoms with E-state index < -0.39 is 0 Å². The molecular formula is C13H14Cl2N2O2. The summed E-state index contributed by atoms with van der Waals surface area (Å²) in [7, 11) is 1.67. The summed E-state index contributed by atoms with van der Waals surface area (Å²) in [5, 5.41) is 4.23. The van der Waals surface area contributed by atoms with Crippen LogP contribution >= 0.6 is 23.2 Å². The second kappa shape index (κ2) is 6.91. The number of methoxy groups -OCH3 is 1. The van der Waals surface area contributed by atoms with Crippen LogP contribution in [0, 0.1) is 0 Å². The van der Waals surface area contributed by atoms with Gasteiger partial charge in [-0.3, -0.25) is 0 Å². The lowest BCUT2D eigenvalue weighted by Gasteiger charge is -2.04. The summed E-state index contributed by atoms with van der Waals surface area (Å²) in [6.07, 6.45) is 1.42. The number of oxazole rings is 1. The molecule has 2 aromatic rings. The zero-order valence-electron chi connectivity index (χ0n) is 10.5. The number of hydrogen-bond acceptors (Lipinski definition) is 4. The van der Waals surface area contributed by atoms with Crippen LogP contribution in [-0.2, 0) is 11.3 Å². The zero-order chi connectivity index (χ0) is 13.7. The first-order valence-electron chi connectivity index (χ1n) is 5.80. The van der Waals surface area contributed by atoms with Crippen LogP contribution in [0.1, 0.15) is 5.69 Å². The summed E-state index contributed by atoms with van der Waals surface area (Å²) in [6.45, 7) is 2.01. The van der Waals surface area contributed by atoms with E-state index in [0.29, 0.717) is 29.0 Å². The Balaban J connectivity index is 2.12. The number of aromatic nitrogens is 1. The van der Waals surface area contributed by atoms with E-state index in [9.17, 15) is 0 Å². The Morgan fingerprint density at radius 3 is 2.89 bits per heavy atom. The van der Waals surface area contributed by atoms with E-state index in [1.165, 1.54) is 6.39 Å². The first-order valence-corrected chi connectivity index (χ1v) is 6.55. The Morgan fingerprint density at radius 1 is 1.32 bits per heavy atom. The highest BCUT2D eigenvalue weighted by atomic mass is 35.5. The van der Waals surface area contributed by atoms with E-state index in [0.717, 1.165) is 17.8 Å². The summed E-state index contributed by atoms with van der Waals surface area (Å²) < 4.78 is 10.4. The Hall–Kier alpha value is -1.07. The van der Waals surface area contributed by atoms with Gasteiger partial charge in [-0.1, -0.05) is 23.2 Å². The third-order valence-corrected chi connectivity index (χ3v) is 3.34. The molecule has 0 aliphatic heterocycles. The molecule has 1 aromatic heterocycles. The molecule has 6 heteroatoms. The minimum Gasteiger partial charge on any atom is -0.443 e.